The molecule has 0 spiro atoms. The predicted octanol–water partition coefficient (Wildman–Crippen LogP) is 2.04. The largest absolute Gasteiger partial charge is 0.412 e. The molecule has 1 aromatic rings. The molecule has 1 aromatic carbocycles. The molecule has 1 amide bonds. The molecule has 6 heteroatoms. The van der Waals surface area contributed by atoms with Gasteiger partial charge in [-0.3, -0.25) is 0 Å². The maximum atomic E-state index is 11.1. The Labute approximate surface area is 97.3 Å². The third kappa shape index (κ3) is 3.95. The van der Waals surface area contributed by atoms with Crippen LogP contribution in [-0.4, -0.2) is 19.2 Å². The fraction of sp³-hybridized carbons (Fsp3) is 0.222. The van der Waals surface area contributed by atoms with Gasteiger partial charge in [-0.05, 0) is 12.1 Å². The molecule has 0 aliphatic rings. The molecule has 15 heavy (non-hydrogen) atoms. The third-order valence-corrected chi connectivity index (χ3v) is 2.25. The van der Waals surface area contributed by atoms with E-state index in [0.717, 1.165) is 0 Å². The zero-order valence-electron chi connectivity index (χ0n) is 7.80. The number of halogens is 2. The van der Waals surface area contributed by atoms with Gasteiger partial charge in [0.15, 0.2) is 0 Å². The molecule has 0 saturated heterocycles. The molecule has 3 N–H and O–H groups in total. The molecule has 1 rings (SSSR count). The van der Waals surface area contributed by atoms with Crippen LogP contribution >= 0.6 is 23.2 Å². The monoisotopic (exact) mass is 248 g/mol. The van der Waals surface area contributed by atoms with Crippen LogP contribution in [0.4, 0.5) is 4.79 Å². The quantitative estimate of drug-likeness (QED) is 0.861. The second kappa shape index (κ2) is 5.80. The van der Waals surface area contributed by atoms with Crippen molar-refractivity contribution >= 4 is 29.3 Å². The van der Waals surface area contributed by atoms with Gasteiger partial charge in [-0.25, -0.2) is 4.79 Å². The van der Waals surface area contributed by atoms with Gasteiger partial charge in [-0.2, -0.15) is 0 Å². The van der Waals surface area contributed by atoms with Crippen molar-refractivity contribution in [2.75, 3.05) is 13.1 Å². The van der Waals surface area contributed by atoms with E-state index < -0.39 is 6.09 Å². The molecule has 0 aliphatic heterocycles. The molecule has 82 valence electrons. The topological polar surface area (TPSA) is 64.3 Å². The molecule has 4 nitrogen and oxygen atoms in total. The Morgan fingerprint density at radius 3 is 2.73 bits per heavy atom. The van der Waals surface area contributed by atoms with E-state index in [4.69, 9.17) is 33.7 Å². The highest BCUT2D eigenvalue weighted by molar-refractivity contribution is 6.42. The van der Waals surface area contributed by atoms with Crippen LogP contribution in [0.3, 0.4) is 0 Å². The minimum atomic E-state index is -0.571. The maximum Gasteiger partial charge on any atom is 0.412 e. The summed E-state index contributed by atoms with van der Waals surface area (Å²) in [5, 5.41) is 3.20. The lowest BCUT2D eigenvalue weighted by Gasteiger charge is -2.05. The minimum Gasteiger partial charge on any atom is -0.410 e. The Morgan fingerprint density at radius 1 is 1.40 bits per heavy atom. The van der Waals surface area contributed by atoms with Crippen LogP contribution in [0.1, 0.15) is 0 Å². The van der Waals surface area contributed by atoms with Crippen LogP contribution in [0.2, 0.25) is 10.0 Å². The Kier molecular flexibility index (Phi) is 4.68. The summed E-state index contributed by atoms with van der Waals surface area (Å²) in [6.07, 6.45) is -0.571. The maximum absolute atomic E-state index is 11.1. The Bertz CT molecular complexity index is 358. The Balaban J connectivity index is 2.57. The molecular formula is C9H10Cl2N2O2. The summed E-state index contributed by atoms with van der Waals surface area (Å²) in [5.74, 6) is 0.332. The summed E-state index contributed by atoms with van der Waals surface area (Å²) < 4.78 is 4.90. The number of hydrogen-bond donors (Lipinski definition) is 2. The number of nitrogens with two attached hydrogens (primary N) is 1. The molecule has 0 bridgehead atoms. The average molecular weight is 249 g/mol. The van der Waals surface area contributed by atoms with Crippen LogP contribution in [0, 0.1) is 0 Å². The molecule has 0 aliphatic carbocycles. The van der Waals surface area contributed by atoms with Gasteiger partial charge in [0, 0.05) is 19.2 Å². The molecule has 0 heterocycles. The number of ether oxygens (including phenoxy) is 1. The van der Waals surface area contributed by atoms with Gasteiger partial charge >= 0.3 is 6.09 Å². The number of benzene rings is 1. The zero-order chi connectivity index (χ0) is 11.3. The lowest BCUT2D eigenvalue weighted by atomic mass is 10.3. The molecule has 0 saturated carbocycles. The van der Waals surface area contributed by atoms with Gasteiger partial charge in [0.05, 0.1) is 10.0 Å². The number of nitrogens with one attached hydrogen (secondary N) is 1. The number of amides is 1. The molecule has 0 fully saturated rings. The number of hydrogen-bond acceptors (Lipinski definition) is 3. The van der Waals surface area contributed by atoms with E-state index in [1.165, 1.54) is 6.07 Å². The highest BCUT2D eigenvalue weighted by Crippen LogP contribution is 2.26. The Morgan fingerprint density at radius 2 is 2.13 bits per heavy atom. The standard InChI is InChI=1S/C9H10Cl2N2O2/c10-7-2-1-6(5-8(7)11)15-9(14)13-4-3-12/h1-2,5H,3-4,12H2,(H,13,14). The van der Waals surface area contributed by atoms with Gasteiger partial charge in [-0.1, -0.05) is 23.2 Å². The van der Waals surface area contributed by atoms with E-state index in [2.05, 4.69) is 5.32 Å². The summed E-state index contributed by atoms with van der Waals surface area (Å²) in [5.41, 5.74) is 5.21. The number of carbonyl (C=O) groups excluding carboxylic acids is 1. The molecule has 0 atom stereocenters. The van der Waals surface area contributed by atoms with Crippen molar-refractivity contribution in [3.8, 4) is 5.75 Å². The van der Waals surface area contributed by atoms with E-state index in [1.807, 2.05) is 0 Å². The normalized spacial score (nSPS) is 9.80. The van der Waals surface area contributed by atoms with Crippen molar-refractivity contribution in [2.45, 2.75) is 0 Å². The van der Waals surface area contributed by atoms with E-state index >= 15 is 0 Å². The first-order valence-corrected chi connectivity index (χ1v) is 5.00. The van der Waals surface area contributed by atoms with Gasteiger partial charge in [0.1, 0.15) is 5.75 Å². The van der Waals surface area contributed by atoms with Crippen LogP contribution in [0.5, 0.6) is 5.75 Å². The van der Waals surface area contributed by atoms with Gasteiger partial charge in [-0.15, -0.1) is 0 Å². The number of rotatable bonds is 3. The van der Waals surface area contributed by atoms with Crippen LogP contribution < -0.4 is 15.8 Å². The summed E-state index contributed by atoms with van der Waals surface area (Å²) in [4.78, 5) is 11.1. The van der Waals surface area contributed by atoms with Crippen molar-refractivity contribution in [3.63, 3.8) is 0 Å². The van der Waals surface area contributed by atoms with E-state index in [-0.39, 0.29) is 0 Å². The smallest absolute Gasteiger partial charge is 0.410 e. The summed E-state index contributed by atoms with van der Waals surface area (Å²) in [6.45, 7) is 0.719. The van der Waals surface area contributed by atoms with Crippen LogP contribution in [0.15, 0.2) is 18.2 Å². The summed E-state index contributed by atoms with van der Waals surface area (Å²) >= 11 is 11.4. The van der Waals surface area contributed by atoms with Crippen molar-refractivity contribution < 1.29 is 9.53 Å². The van der Waals surface area contributed by atoms with Crippen molar-refractivity contribution in [3.05, 3.63) is 28.2 Å². The highest BCUT2D eigenvalue weighted by Gasteiger charge is 2.05. The lowest BCUT2D eigenvalue weighted by Crippen LogP contribution is -2.31. The molecular weight excluding hydrogens is 239 g/mol. The second-order valence-corrected chi connectivity index (χ2v) is 3.50. The van der Waals surface area contributed by atoms with E-state index in [0.29, 0.717) is 28.9 Å². The highest BCUT2D eigenvalue weighted by atomic mass is 35.5. The van der Waals surface area contributed by atoms with Crippen molar-refractivity contribution in [1.82, 2.24) is 5.32 Å². The summed E-state index contributed by atoms with van der Waals surface area (Å²) in [7, 11) is 0. The second-order valence-electron chi connectivity index (χ2n) is 2.68. The van der Waals surface area contributed by atoms with Gasteiger partial charge in [0.2, 0.25) is 0 Å². The lowest BCUT2D eigenvalue weighted by molar-refractivity contribution is 0.201. The predicted molar refractivity (Wildman–Crippen MR) is 59.5 cm³/mol. The van der Waals surface area contributed by atoms with Crippen LogP contribution in [0.25, 0.3) is 0 Å². The first-order valence-electron chi connectivity index (χ1n) is 4.24. The SMILES string of the molecule is NCCNC(=O)Oc1ccc(Cl)c(Cl)c1. The molecule has 0 unspecified atom stereocenters. The van der Waals surface area contributed by atoms with E-state index in [9.17, 15) is 4.79 Å². The zero-order valence-corrected chi connectivity index (χ0v) is 9.31. The molecule has 0 aromatic heterocycles. The molecule has 0 radical (unpaired) electrons. The number of carbonyl (C=O) groups is 1. The fourth-order valence-corrected chi connectivity index (χ4v) is 1.15. The first kappa shape index (κ1) is 12.1. The van der Waals surface area contributed by atoms with Crippen molar-refractivity contribution in [1.29, 1.82) is 0 Å². The van der Waals surface area contributed by atoms with E-state index in [1.54, 1.807) is 12.1 Å². The first-order chi connectivity index (χ1) is 7.13. The minimum absolute atomic E-state index is 0.332. The fourth-order valence-electron chi connectivity index (χ4n) is 0.858. The van der Waals surface area contributed by atoms with Gasteiger partial charge < -0.3 is 15.8 Å². The average Bonchev–Trinajstić information content (AvgIpc) is 2.20. The van der Waals surface area contributed by atoms with Crippen LogP contribution in [-0.2, 0) is 0 Å². The Hall–Kier alpha value is -0.970. The van der Waals surface area contributed by atoms with Crippen molar-refractivity contribution in [2.24, 2.45) is 5.73 Å². The van der Waals surface area contributed by atoms with Gasteiger partial charge in [0.25, 0.3) is 0 Å². The summed E-state index contributed by atoms with van der Waals surface area (Å²) in [6, 6.07) is 4.57. The third-order valence-electron chi connectivity index (χ3n) is 1.52.